The van der Waals surface area contributed by atoms with Gasteiger partial charge < -0.3 is 15.2 Å². The molecule has 2 heterocycles. The summed E-state index contributed by atoms with van der Waals surface area (Å²) in [6.45, 7) is 1.48. The molecule has 1 aliphatic carbocycles. The van der Waals surface area contributed by atoms with E-state index in [0.717, 1.165) is 31.2 Å². The third-order valence-corrected chi connectivity index (χ3v) is 5.08. The Kier molecular flexibility index (Phi) is 3.60. The van der Waals surface area contributed by atoms with Crippen molar-refractivity contribution in [1.82, 2.24) is 5.32 Å². The minimum absolute atomic E-state index is 0.00766. The number of hydrogen-bond acceptors (Lipinski definition) is 4. The van der Waals surface area contributed by atoms with Crippen molar-refractivity contribution in [2.45, 2.75) is 31.3 Å². The highest BCUT2D eigenvalue weighted by Crippen LogP contribution is 2.37. The first-order chi connectivity index (χ1) is 9.19. The number of ether oxygens (including phenoxy) is 1. The molecule has 0 radical (unpaired) electrons. The summed E-state index contributed by atoms with van der Waals surface area (Å²) in [4.78, 5) is 13.2. The fraction of sp³-hybridized carbons (Fsp3) is 0.643. The van der Waals surface area contributed by atoms with E-state index in [1.54, 1.807) is 11.3 Å². The van der Waals surface area contributed by atoms with E-state index in [1.807, 2.05) is 11.4 Å². The van der Waals surface area contributed by atoms with E-state index in [-0.39, 0.29) is 11.8 Å². The molecular weight excluding hydrogens is 262 g/mol. The maximum atomic E-state index is 12.0. The van der Waals surface area contributed by atoms with E-state index >= 15 is 0 Å². The standard InChI is InChI=1S/C14H19NO3S/c16-13(10-3-6-18-8-10)15-9-14(17)5-1-2-12-11(14)4-7-19-12/h4,7,10,17H,1-3,5-6,8-9H2,(H,15,16). The number of aliphatic hydroxyl groups is 1. The second-order valence-corrected chi connectivity index (χ2v) is 6.42. The highest BCUT2D eigenvalue weighted by Gasteiger charge is 2.36. The van der Waals surface area contributed by atoms with Crippen LogP contribution in [0, 0.1) is 5.92 Å². The lowest BCUT2D eigenvalue weighted by Crippen LogP contribution is -2.44. The zero-order valence-corrected chi connectivity index (χ0v) is 11.7. The summed E-state index contributed by atoms with van der Waals surface area (Å²) in [6, 6.07) is 1.99. The minimum Gasteiger partial charge on any atom is -0.383 e. The highest BCUT2D eigenvalue weighted by atomic mass is 32.1. The molecule has 2 unspecified atom stereocenters. The molecule has 1 amide bonds. The summed E-state index contributed by atoms with van der Waals surface area (Å²) < 4.78 is 5.22. The van der Waals surface area contributed by atoms with Crippen LogP contribution in [0.3, 0.4) is 0 Å². The molecule has 1 aliphatic heterocycles. The lowest BCUT2D eigenvalue weighted by atomic mass is 9.83. The van der Waals surface area contributed by atoms with Gasteiger partial charge in [0, 0.05) is 11.5 Å². The molecule has 1 aromatic rings. The van der Waals surface area contributed by atoms with Gasteiger partial charge in [0.15, 0.2) is 0 Å². The van der Waals surface area contributed by atoms with E-state index in [4.69, 9.17) is 4.74 Å². The molecule has 0 spiro atoms. The Balaban J connectivity index is 1.65. The summed E-state index contributed by atoms with van der Waals surface area (Å²) in [5, 5.41) is 15.7. The molecule has 4 nitrogen and oxygen atoms in total. The van der Waals surface area contributed by atoms with Gasteiger partial charge in [0.05, 0.1) is 19.1 Å². The van der Waals surface area contributed by atoms with Crippen molar-refractivity contribution in [1.29, 1.82) is 0 Å². The predicted octanol–water partition coefficient (Wildman–Crippen LogP) is 1.42. The van der Waals surface area contributed by atoms with Gasteiger partial charge in [-0.15, -0.1) is 11.3 Å². The van der Waals surface area contributed by atoms with Gasteiger partial charge in [0.1, 0.15) is 5.60 Å². The van der Waals surface area contributed by atoms with E-state index in [0.29, 0.717) is 19.8 Å². The van der Waals surface area contributed by atoms with Crippen LogP contribution in [0.2, 0.25) is 0 Å². The van der Waals surface area contributed by atoms with Gasteiger partial charge in [-0.1, -0.05) is 0 Å². The average molecular weight is 281 g/mol. The van der Waals surface area contributed by atoms with Gasteiger partial charge >= 0.3 is 0 Å². The lowest BCUT2D eigenvalue weighted by molar-refractivity contribution is -0.126. The molecule has 2 atom stereocenters. The summed E-state index contributed by atoms with van der Waals surface area (Å²) >= 11 is 1.69. The lowest BCUT2D eigenvalue weighted by Gasteiger charge is -2.33. The van der Waals surface area contributed by atoms with Crippen molar-refractivity contribution < 1.29 is 14.6 Å². The van der Waals surface area contributed by atoms with Crippen LogP contribution in [-0.4, -0.2) is 30.8 Å². The average Bonchev–Trinajstić information content (AvgIpc) is 3.07. The third kappa shape index (κ3) is 2.55. The number of amides is 1. The maximum Gasteiger partial charge on any atom is 0.225 e. The van der Waals surface area contributed by atoms with Crippen molar-refractivity contribution in [2.24, 2.45) is 5.92 Å². The zero-order chi connectivity index (χ0) is 13.3. The number of fused-ring (bicyclic) bond motifs is 1. The number of nitrogens with one attached hydrogen (secondary N) is 1. The van der Waals surface area contributed by atoms with Crippen molar-refractivity contribution in [3.8, 4) is 0 Å². The molecule has 1 fully saturated rings. The van der Waals surface area contributed by atoms with Gasteiger partial charge in [0.2, 0.25) is 5.91 Å². The van der Waals surface area contributed by atoms with E-state index in [1.165, 1.54) is 4.88 Å². The Hall–Kier alpha value is -0.910. The van der Waals surface area contributed by atoms with Crippen LogP contribution in [0.1, 0.15) is 29.7 Å². The first kappa shape index (κ1) is 13.1. The number of carbonyl (C=O) groups excluding carboxylic acids is 1. The number of hydrogen-bond donors (Lipinski definition) is 2. The van der Waals surface area contributed by atoms with Crippen LogP contribution in [0.4, 0.5) is 0 Å². The second-order valence-electron chi connectivity index (χ2n) is 5.42. The molecule has 3 rings (SSSR count). The van der Waals surface area contributed by atoms with Crippen molar-refractivity contribution in [3.63, 3.8) is 0 Å². The van der Waals surface area contributed by atoms with Crippen LogP contribution in [-0.2, 0) is 21.6 Å². The Morgan fingerprint density at radius 1 is 1.63 bits per heavy atom. The summed E-state index contributed by atoms with van der Waals surface area (Å²) in [5.74, 6) is -0.0394. The molecule has 5 heteroatoms. The van der Waals surface area contributed by atoms with Gasteiger partial charge in [-0.25, -0.2) is 0 Å². The van der Waals surface area contributed by atoms with Gasteiger partial charge in [-0.05, 0) is 42.7 Å². The molecule has 2 aliphatic rings. The molecule has 104 valence electrons. The van der Waals surface area contributed by atoms with E-state index in [9.17, 15) is 9.90 Å². The normalized spacial score (nSPS) is 30.1. The van der Waals surface area contributed by atoms with Crippen LogP contribution < -0.4 is 5.32 Å². The number of thiophene rings is 1. The monoisotopic (exact) mass is 281 g/mol. The Morgan fingerprint density at radius 3 is 3.32 bits per heavy atom. The first-order valence-electron chi connectivity index (χ1n) is 6.84. The Bertz CT molecular complexity index is 467. The molecule has 0 saturated carbocycles. The predicted molar refractivity (Wildman–Crippen MR) is 73.1 cm³/mol. The van der Waals surface area contributed by atoms with Crippen LogP contribution >= 0.6 is 11.3 Å². The smallest absolute Gasteiger partial charge is 0.225 e. The molecule has 1 saturated heterocycles. The summed E-state index contributed by atoms with van der Waals surface area (Å²) in [5.41, 5.74) is 0.120. The molecule has 0 aromatic carbocycles. The van der Waals surface area contributed by atoms with Gasteiger partial charge in [0.25, 0.3) is 0 Å². The SMILES string of the molecule is O=C(NCC1(O)CCCc2sccc21)C1CCOC1. The minimum atomic E-state index is -0.886. The van der Waals surface area contributed by atoms with Gasteiger partial charge in [-0.3, -0.25) is 4.79 Å². The quantitative estimate of drug-likeness (QED) is 0.881. The van der Waals surface area contributed by atoms with Crippen LogP contribution in [0.25, 0.3) is 0 Å². The topological polar surface area (TPSA) is 58.6 Å². The largest absolute Gasteiger partial charge is 0.383 e. The highest BCUT2D eigenvalue weighted by molar-refractivity contribution is 7.10. The summed E-state index contributed by atoms with van der Waals surface area (Å²) in [6.07, 6.45) is 3.53. The van der Waals surface area contributed by atoms with Crippen LogP contribution in [0.15, 0.2) is 11.4 Å². The van der Waals surface area contributed by atoms with Gasteiger partial charge in [-0.2, -0.15) is 0 Å². The number of carbonyl (C=O) groups is 1. The van der Waals surface area contributed by atoms with E-state index < -0.39 is 5.60 Å². The molecule has 19 heavy (non-hydrogen) atoms. The summed E-state index contributed by atoms with van der Waals surface area (Å²) in [7, 11) is 0. The number of aryl methyl sites for hydroxylation is 1. The molecule has 1 aromatic heterocycles. The van der Waals surface area contributed by atoms with E-state index in [2.05, 4.69) is 5.32 Å². The Labute approximate surface area is 116 Å². The molecule has 2 N–H and O–H groups in total. The number of rotatable bonds is 3. The third-order valence-electron chi connectivity index (χ3n) is 4.10. The first-order valence-corrected chi connectivity index (χ1v) is 7.72. The second kappa shape index (κ2) is 5.23. The maximum absolute atomic E-state index is 12.0. The van der Waals surface area contributed by atoms with Crippen molar-refractivity contribution in [3.05, 3.63) is 21.9 Å². The van der Waals surface area contributed by atoms with Crippen molar-refractivity contribution >= 4 is 17.2 Å². The fourth-order valence-corrected chi connectivity index (χ4v) is 3.94. The molecule has 0 bridgehead atoms. The molecular formula is C14H19NO3S. The van der Waals surface area contributed by atoms with Crippen molar-refractivity contribution in [2.75, 3.05) is 19.8 Å². The fourth-order valence-electron chi connectivity index (χ4n) is 2.93. The Morgan fingerprint density at radius 2 is 2.53 bits per heavy atom. The zero-order valence-electron chi connectivity index (χ0n) is 10.9. The van der Waals surface area contributed by atoms with Crippen LogP contribution in [0.5, 0.6) is 0 Å².